The van der Waals surface area contributed by atoms with Gasteiger partial charge in [-0.1, -0.05) is 45.0 Å². The van der Waals surface area contributed by atoms with E-state index in [1.807, 2.05) is 69.3 Å². The van der Waals surface area contributed by atoms with Gasteiger partial charge in [-0.25, -0.2) is 9.37 Å². The Kier molecular flexibility index (Phi) is 11.6. The van der Waals surface area contributed by atoms with Crippen LogP contribution in [0.25, 0.3) is 10.4 Å². The van der Waals surface area contributed by atoms with Crippen LogP contribution in [-0.4, -0.2) is 101 Å². The molecule has 12 heteroatoms. The lowest BCUT2D eigenvalue weighted by molar-refractivity contribution is -0.144. The van der Waals surface area contributed by atoms with Crippen LogP contribution in [0, 0.1) is 18.3 Å². The van der Waals surface area contributed by atoms with Crippen LogP contribution < -0.4 is 16.0 Å². The van der Waals surface area contributed by atoms with E-state index < -0.39 is 35.2 Å². The standard InChI is InChI=1S/C36H53FN6O4S/c1-23(26-6-8-27(9-7-26)31-24(2)39-22-48-31)40-33(46)29-18-28(44)20-43(29)34(47)32(35(3,4)5)41-30(45)21-42-16-12-36(37,13-17-42)19-25-10-14-38-15-11-25/h6-9,22-23,25,28-29,32,38,44H,10-21H2,1-5H3,(H,40,46)(H,41,45)/t23-,28+,29-,32+/m0/s1. The molecule has 0 spiro atoms. The van der Waals surface area contributed by atoms with E-state index in [0.29, 0.717) is 38.3 Å². The molecule has 3 saturated heterocycles. The van der Waals surface area contributed by atoms with Gasteiger partial charge in [-0.05, 0) is 81.5 Å². The summed E-state index contributed by atoms with van der Waals surface area (Å²) in [6.07, 6.45) is 2.69. The molecule has 5 rings (SSSR count). The molecule has 2 aromatic rings. The summed E-state index contributed by atoms with van der Waals surface area (Å²) in [4.78, 5) is 49.7. The number of piperidine rings is 2. The minimum Gasteiger partial charge on any atom is -0.391 e. The number of aromatic nitrogens is 1. The van der Waals surface area contributed by atoms with Crippen molar-refractivity contribution in [3.05, 3.63) is 41.0 Å². The van der Waals surface area contributed by atoms with Crippen molar-refractivity contribution in [2.24, 2.45) is 11.3 Å². The lowest BCUT2D eigenvalue weighted by Gasteiger charge is -2.39. The first-order chi connectivity index (χ1) is 22.7. The number of alkyl halides is 1. The van der Waals surface area contributed by atoms with Crippen LogP contribution in [0.15, 0.2) is 29.8 Å². The fourth-order valence-corrected chi connectivity index (χ4v) is 8.16. The van der Waals surface area contributed by atoms with Gasteiger partial charge in [-0.3, -0.25) is 19.3 Å². The Bertz CT molecular complexity index is 1410. The summed E-state index contributed by atoms with van der Waals surface area (Å²) < 4.78 is 15.7. The van der Waals surface area contributed by atoms with Crippen LogP contribution in [0.5, 0.6) is 0 Å². The average molecular weight is 685 g/mol. The number of carbonyl (C=O) groups excluding carboxylic acids is 3. The summed E-state index contributed by atoms with van der Waals surface area (Å²) in [6, 6.07) is 5.87. The van der Waals surface area contributed by atoms with E-state index in [-0.39, 0.29) is 37.4 Å². The van der Waals surface area contributed by atoms with Crippen molar-refractivity contribution in [3.63, 3.8) is 0 Å². The van der Waals surface area contributed by atoms with Gasteiger partial charge in [0.15, 0.2) is 0 Å². The Balaban J connectivity index is 1.17. The zero-order chi connectivity index (χ0) is 34.6. The highest BCUT2D eigenvalue weighted by Crippen LogP contribution is 2.36. The summed E-state index contributed by atoms with van der Waals surface area (Å²) >= 11 is 1.58. The van der Waals surface area contributed by atoms with Gasteiger partial charge in [-0.2, -0.15) is 0 Å². The molecular formula is C36H53FN6O4S. The summed E-state index contributed by atoms with van der Waals surface area (Å²) in [5.74, 6) is -0.637. The van der Waals surface area contributed by atoms with Crippen molar-refractivity contribution in [2.75, 3.05) is 39.3 Å². The first-order valence-corrected chi connectivity index (χ1v) is 18.3. The first-order valence-electron chi connectivity index (χ1n) is 17.4. The number of aliphatic hydroxyl groups excluding tert-OH is 1. The Labute approximate surface area is 288 Å². The minimum atomic E-state index is -1.19. The number of rotatable bonds is 10. The van der Waals surface area contributed by atoms with Gasteiger partial charge in [0, 0.05) is 26.1 Å². The van der Waals surface area contributed by atoms with Gasteiger partial charge >= 0.3 is 0 Å². The maximum absolute atomic E-state index is 15.7. The topological polar surface area (TPSA) is 127 Å². The molecule has 264 valence electrons. The molecule has 4 N–H and O–H groups in total. The lowest BCUT2D eigenvalue weighted by Crippen LogP contribution is -2.59. The predicted molar refractivity (Wildman–Crippen MR) is 186 cm³/mol. The number of carbonyl (C=O) groups is 3. The van der Waals surface area contributed by atoms with E-state index in [2.05, 4.69) is 20.9 Å². The quantitative estimate of drug-likeness (QED) is 0.298. The number of aliphatic hydroxyl groups is 1. The van der Waals surface area contributed by atoms with Crippen molar-refractivity contribution >= 4 is 29.1 Å². The lowest BCUT2D eigenvalue weighted by atomic mass is 9.81. The third kappa shape index (κ3) is 8.99. The Hall–Kier alpha value is -2.93. The van der Waals surface area contributed by atoms with E-state index in [4.69, 9.17) is 0 Å². The van der Waals surface area contributed by atoms with Gasteiger partial charge < -0.3 is 26.0 Å². The van der Waals surface area contributed by atoms with E-state index in [1.54, 1.807) is 11.3 Å². The van der Waals surface area contributed by atoms with E-state index in [0.717, 1.165) is 47.6 Å². The van der Waals surface area contributed by atoms with Gasteiger partial charge in [-0.15, -0.1) is 11.3 Å². The summed E-state index contributed by atoms with van der Waals surface area (Å²) in [7, 11) is 0. The number of amides is 3. The molecule has 3 amide bonds. The van der Waals surface area contributed by atoms with Crippen molar-refractivity contribution in [2.45, 2.75) is 103 Å². The molecular weight excluding hydrogens is 631 g/mol. The number of nitrogens with zero attached hydrogens (tertiary/aromatic N) is 3. The highest BCUT2D eigenvalue weighted by Gasteiger charge is 2.45. The SMILES string of the molecule is Cc1ncsc1-c1ccc([C@H](C)NC(=O)[C@@H]2C[C@@H](O)CN2C(=O)[C@@H](NC(=O)CN2CCC(F)(CC3CCNCC3)CC2)C(C)(C)C)cc1. The molecule has 3 fully saturated rings. The fourth-order valence-electron chi connectivity index (χ4n) is 7.34. The van der Waals surface area contributed by atoms with Gasteiger partial charge in [0.05, 0.1) is 34.8 Å². The third-order valence-electron chi connectivity index (χ3n) is 10.3. The van der Waals surface area contributed by atoms with Crippen LogP contribution in [-0.2, 0) is 14.4 Å². The summed E-state index contributed by atoms with van der Waals surface area (Å²) in [5, 5.41) is 19.9. The van der Waals surface area contributed by atoms with Crippen LogP contribution in [0.2, 0.25) is 0 Å². The summed E-state index contributed by atoms with van der Waals surface area (Å²) in [6.45, 7) is 12.5. The molecule has 3 aliphatic rings. The molecule has 0 radical (unpaired) electrons. The van der Waals surface area contributed by atoms with Crippen LogP contribution >= 0.6 is 11.3 Å². The molecule has 3 aliphatic heterocycles. The molecule has 10 nitrogen and oxygen atoms in total. The minimum absolute atomic E-state index is 0.0123. The van der Waals surface area contributed by atoms with Crippen molar-refractivity contribution in [3.8, 4) is 10.4 Å². The normalized spacial score (nSPS) is 23.4. The van der Waals surface area contributed by atoms with E-state index >= 15 is 4.39 Å². The Morgan fingerprint density at radius 3 is 2.40 bits per heavy atom. The van der Waals surface area contributed by atoms with E-state index in [9.17, 15) is 19.5 Å². The zero-order valence-corrected chi connectivity index (χ0v) is 29.9. The fraction of sp³-hybridized carbons (Fsp3) is 0.667. The van der Waals surface area contributed by atoms with Crippen LogP contribution in [0.4, 0.5) is 4.39 Å². The van der Waals surface area contributed by atoms with Crippen molar-refractivity contribution in [1.29, 1.82) is 0 Å². The first kappa shape index (κ1) is 36.4. The Morgan fingerprint density at radius 1 is 1.12 bits per heavy atom. The number of β-amino-alcohol motifs (C(OH)–C–C–N with tert-alkyl or cyclic N) is 1. The van der Waals surface area contributed by atoms with Gasteiger partial charge in [0.25, 0.3) is 0 Å². The molecule has 4 atom stereocenters. The smallest absolute Gasteiger partial charge is 0.246 e. The zero-order valence-electron chi connectivity index (χ0n) is 29.1. The maximum atomic E-state index is 15.7. The number of likely N-dealkylation sites (tertiary alicyclic amines) is 2. The molecule has 48 heavy (non-hydrogen) atoms. The number of benzene rings is 1. The maximum Gasteiger partial charge on any atom is 0.246 e. The largest absolute Gasteiger partial charge is 0.391 e. The van der Waals surface area contributed by atoms with E-state index in [1.165, 1.54) is 4.90 Å². The van der Waals surface area contributed by atoms with Crippen molar-refractivity contribution < 1.29 is 23.9 Å². The third-order valence-corrected chi connectivity index (χ3v) is 11.3. The average Bonchev–Trinajstić information content (AvgIpc) is 3.66. The van der Waals surface area contributed by atoms with Crippen LogP contribution in [0.3, 0.4) is 0 Å². The molecule has 0 bridgehead atoms. The molecule has 0 aliphatic carbocycles. The van der Waals surface area contributed by atoms with Gasteiger partial charge in [0.2, 0.25) is 17.7 Å². The number of nitrogens with one attached hydrogen (secondary N) is 3. The Morgan fingerprint density at radius 2 is 1.79 bits per heavy atom. The molecule has 1 aromatic carbocycles. The number of aryl methyl sites for hydroxylation is 1. The predicted octanol–water partition coefficient (Wildman–Crippen LogP) is 3.98. The highest BCUT2D eigenvalue weighted by atomic mass is 32.1. The second-order valence-corrected chi connectivity index (χ2v) is 16.1. The summed E-state index contributed by atoms with van der Waals surface area (Å²) in [5.41, 5.74) is 2.93. The van der Waals surface area contributed by atoms with Gasteiger partial charge in [0.1, 0.15) is 17.8 Å². The highest BCUT2D eigenvalue weighted by molar-refractivity contribution is 7.13. The monoisotopic (exact) mass is 684 g/mol. The number of hydrogen-bond acceptors (Lipinski definition) is 8. The molecule has 4 heterocycles. The second-order valence-electron chi connectivity index (χ2n) is 15.2. The molecule has 0 unspecified atom stereocenters. The number of thiazole rings is 1. The number of halogens is 1. The molecule has 0 saturated carbocycles. The van der Waals surface area contributed by atoms with Crippen molar-refractivity contribution in [1.82, 2.24) is 30.7 Å². The molecule has 1 aromatic heterocycles. The second kappa shape index (κ2) is 15.3. The van der Waals surface area contributed by atoms with Crippen LogP contribution in [0.1, 0.15) is 83.5 Å². The number of hydrogen-bond donors (Lipinski definition) is 4.